The number of nitrogens with zero attached hydrogens (tertiary/aromatic N) is 1. The quantitative estimate of drug-likeness (QED) is 0.264. The van der Waals surface area contributed by atoms with Gasteiger partial charge in [-0.1, -0.05) is 42.5 Å². The summed E-state index contributed by atoms with van der Waals surface area (Å²) in [7, 11) is 0. The van der Waals surface area contributed by atoms with Gasteiger partial charge in [-0.15, -0.1) is 0 Å². The van der Waals surface area contributed by atoms with E-state index < -0.39 is 23.9 Å². The monoisotopic (exact) mass is 469 g/mol. The molecule has 3 aromatic carbocycles. The Hall–Kier alpha value is -5.12. The fourth-order valence-electron chi connectivity index (χ4n) is 4.09. The number of benzene rings is 3. The van der Waals surface area contributed by atoms with Gasteiger partial charge in [-0.2, -0.15) is 5.10 Å². The zero-order chi connectivity index (χ0) is 24.5. The number of phenols is 1. The average molecular weight is 469 g/mol. The van der Waals surface area contributed by atoms with Crippen LogP contribution in [0.15, 0.2) is 71.8 Å². The maximum absolute atomic E-state index is 13.1. The van der Waals surface area contributed by atoms with E-state index in [0.717, 1.165) is 16.8 Å². The van der Waals surface area contributed by atoms with Crippen molar-refractivity contribution in [1.82, 2.24) is 15.7 Å². The second-order valence-corrected chi connectivity index (χ2v) is 7.89. The van der Waals surface area contributed by atoms with Crippen LogP contribution in [0.4, 0.5) is 10.5 Å². The summed E-state index contributed by atoms with van der Waals surface area (Å²) in [4.78, 5) is 40.5. The standard InChI is InChI=1S/C25H19N5O5/c31-16-8-6-14(7-9-16)22(29-25(34)35)24(33)27-15-10-17-20-18(12-26-30-23(17)32)21(28-19(20)11-15)13-4-2-1-3-5-13/h1-12,22,28-29,31H,(H,27,33)(H,30,32)(H,34,35)/t22-/m1/s1. The first kappa shape index (κ1) is 21.7. The van der Waals surface area contributed by atoms with E-state index in [1.807, 2.05) is 30.3 Å². The lowest BCUT2D eigenvalue weighted by Gasteiger charge is -2.18. The Bertz CT molecular complexity index is 1490. The van der Waals surface area contributed by atoms with Crippen molar-refractivity contribution in [1.29, 1.82) is 0 Å². The van der Waals surface area contributed by atoms with Gasteiger partial charge in [0.2, 0.25) is 0 Å². The Labute approximate surface area is 198 Å². The summed E-state index contributed by atoms with van der Waals surface area (Å²) >= 11 is 0. The van der Waals surface area contributed by atoms with Gasteiger partial charge in [0, 0.05) is 22.2 Å². The van der Waals surface area contributed by atoms with E-state index in [1.165, 1.54) is 30.3 Å². The zero-order valence-electron chi connectivity index (χ0n) is 18.1. The zero-order valence-corrected chi connectivity index (χ0v) is 18.1. The Balaban J connectivity index is 1.56. The number of carbonyl (C=O) groups is 3. The van der Waals surface area contributed by atoms with E-state index in [4.69, 9.17) is 0 Å². The van der Waals surface area contributed by atoms with E-state index in [-0.39, 0.29) is 11.4 Å². The molecule has 1 aromatic heterocycles. The average Bonchev–Trinajstić information content (AvgIpc) is 3.12. The number of aromatic nitrogens is 1. The van der Waals surface area contributed by atoms with Gasteiger partial charge in [0.15, 0.2) is 0 Å². The molecule has 1 aliphatic rings. The third kappa shape index (κ3) is 4.15. The minimum absolute atomic E-state index is 0.0196. The van der Waals surface area contributed by atoms with Gasteiger partial charge < -0.3 is 25.8 Å². The molecule has 0 fully saturated rings. The van der Waals surface area contributed by atoms with Crippen LogP contribution in [0.1, 0.15) is 27.5 Å². The fourth-order valence-corrected chi connectivity index (χ4v) is 4.09. The Morgan fingerprint density at radius 1 is 1.00 bits per heavy atom. The number of rotatable bonds is 5. The normalized spacial score (nSPS) is 13.1. The first-order valence-electron chi connectivity index (χ1n) is 10.6. The molecule has 0 bridgehead atoms. The molecule has 4 aromatic rings. The van der Waals surface area contributed by atoms with Gasteiger partial charge in [0.1, 0.15) is 11.8 Å². The lowest BCUT2D eigenvalue weighted by molar-refractivity contribution is -0.118. The molecule has 0 unspecified atom stereocenters. The molecule has 6 N–H and O–H groups in total. The van der Waals surface area contributed by atoms with Crippen LogP contribution >= 0.6 is 0 Å². The first-order valence-corrected chi connectivity index (χ1v) is 10.6. The van der Waals surface area contributed by atoms with E-state index in [1.54, 1.807) is 12.3 Å². The van der Waals surface area contributed by atoms with Crippen LogP contribution in [0.25, 0.3) is 22.2 Å². The molecule has 3 amide bonds. The van der Waals surface area contributed by atoms with Crippen LogP contribution in [0.5, 0.6) is 5.75 Å². The summed E-state index contributed by atoms with van der Waals surface area (Å²) < 4.78 is 0. The minimum Gasteiger partial charge on any atom is -0.508 e. The third-order valence-electron chi connectivity index (χ3n) is 5.63. The van der Waals surface area contributed by atoms with Gasteiger partial charge in [0.25, 0.3) is 11.8 Å². The Kier molecular flexibility index (Phi) is 5.38. The summed E-state index contributed by atoms with van der Waals surface area (Å²) in [5, 5.41) is 28.3. The lowest BCUT2D eigenvalue weighted by atomic mass is 10.0. The van der Waals surface area contributed by atoms with Crippen molar-refractivity contribution in [2.75, 3.05) is 5.32 Å². The number of carboxylic acid groups (broad SMARTS) is 1. The highest BCUT2D eigenvalue weighted by atomic mass is 16.4. The number of hydrogen-bond acceptors (Lipinski definition) is 5. The molecule has 0 saturated carbocycles. The summed E-state index contributed by atoms with van der Waals surface area (Å²) in [6, 6.07) is 17.1. The first-order chi connectivity index (χ1) is 16.9. The topological polar surface area (TPSA) is 156 Å². The van der Waals surface area contributed by atoms with E-state index in [2.05, 4.69) is 26.1 Å². The lowest BCUT2D eigenvalue weighted by Crippen LogP contribution is -2.36. The second-order valence-electron chi connectivity index (χ2n) is 7.89. The third-order valence-corrected chi connectivity index (χ3v) is 5.63. The summed E-state index contributed by atoms with van der Waals surface area (Å²) in [6.45, 7) is 0. The maximum atomic E-state index is 13.1. The van der Waals surface area contributed by atoms with Gasteiger partial charge in [-0.25, -0.2) is 10.2 Å². The second kappa shape index (κ2) is 8.67. The highest BCUT2D eigenvalue weighted by Crippen LogP contribution is 2.34. The molecule has 35 heavy (non-hydrogen) atoms. The number of nitrogens with one attached hydrogen (secondary N) is 4. The highest BCUT2D eigenvalue weighted by Gasteiger charge is 2.25. The van der Waals surface area contributed by atoms with Crippen molar-refractivity contribution >= 4 is 40.7 Å². The van der Waals surface area contributed by atoms with Crippen LogP contribution < -0.4 is 16.1 Å². The van der Waals surface area contributed by atoms with Gasteiger partial charge >= 0.3 is 6.09 Å². The smallest absolute Gasteiger partial charge is 0.405 e. The number of phenolic OH excluding ortho intramolecular Hbond substituents is 1. The van der Waals surface area contributed by atoms with Gasteiger partial charge in [-0.3, -0.25) is 9.59 Å². The molecule has 0 radical (unpaired) electrons. The van der Waals surface area contributed by atoms with Crippen LogP contribution in [0.2, 0.25) is 0 Å². The van der Waals surface area contributed by atoms with Crippen LogP contribution in [-0.2, 0) is 4.79 Å². The van der Waals surface area contributed by atoms with Crippen molar-refractivity contribution in [2.45, 2.75) is 6.04 Å². The molecular formula is C25H19N5O5. The molecule has 1 aliphatic heterocycles. The number of hydrogen-bond donors (Lipinski definition) is 6. The van der Waals surface area contributed by atoms with Crippen LogP contribution in [0.3, 0.4) is 0 Å². The van der Waals surface area contributed by atoms with Crippen molar-refractivity contribution < 1.29 is 24.6 Å². The minimum atomic E-state index is -1.39. The van der Waals surface area contributed by atoms with Crippen LogP contribution in [0, 0.1) is 0 Å². The molecule has 2 heterocycles. The molecule has 1 atom stereocenters. The predicted octanol–water partition coefficient (Wildman–Crippen LogP) is 3.57. The van der Waals surface area contributed by atoms with Crippen molar-refractivity contribution in [3.05, 3.63) is 83.4 Å². The molecule has 174 valence electrons. The predicted molar refractivity (Wildman–Crippen MR) is 129 cm³/mol. The van der Waals surface area contributed by atoms with Gasteiger partial charge in [-0.05, 0) is 35.4 Å². The van der Waals surface area contributed by atoms with Crippen molar-refractivity contribution in [3.63, 3.8) is 0 Å². The van der Waals surface area contributed by atoms with Crippen molar-refractivity contribution in [3.8, 4) is 17.0 Å². The van der Waals surface area contributed by atoms with Crippen molar-refractivity contribution in [2.24, 2.45) is 5.10 Å². The van der Waals surface area contributed by atoms with E-state index in [0.29, 0.717) is 22.0 Å². The number of aromatic hydroxyl groups is 1. The highest BCUT2D eigenvalue weighted by molar-refractivity contribution is 6.18. The number of hydrazone groups is 1. The summed E-state index contributed by atoms with van der Waals surface area (Å²) in [5.74, 6) is -1.13. The molecule has 10 nitrogen and oxygen atoms in total. The molecule has 0 saturated heterocycles. The van der Waals surface area contributed by atoms with Crippen LogP contribution in [-0.4, -0.2) is 39.3 Å². The SMILES string of the molecule is O=C(O)N[C@@H](C(=O)Nc1cc2c3c(c(-c4ccccc4)[nH]c3c1)C=NNC2=O)c1ccc(O)cc1. The number of H-pyrrole nitrogens is 1. The number of amides is 3. The van der Waals surface area contributed by atoms with E-state index >= 15 is 0 Å². The molecule has 10 heteroatoms. The number of anilines is 1. The molecule has 0 aliphatic carbocycles. The maximum Gasteiger partial charge on any atom is 0.405 e. The number of carbonyl (C=O) groups excluding carboxylic acids is 2. The number of aromatic amines is 1. The largest absolute Gasteiger partial charge is 0.508 e. The molecule has 0 spiro atoms. The van der Waals surface area contributed by atoms with Gasteiger partial charge in [0.05, 0.1) is 17.5 Å². The van der Waals surface area contributed by atoms with E-state index in [9.17, 15) is 24.6 Å². The Morgan fingerprint density at radius 3 is 2.46 bits per heavy atom. The Morgan fingerprint density at radius 2 is 1.74 bits per heavy atom. The molecular weight excluding hydrogens is 450 g/mol. The molecule has 5 rings (SSSR count). The summed E-state index contributed by atoms with van der Waals surface area (Å²) in [5.41, 5.74) is 6.38. The summed E-state index contributed by atoms with van der Waals surface area (Å²) in [6.07, 6.45) is 0.184. The fraction of sp³-hybridized carbons (Fsp3) is 0.0400.